The molecule has 0 saturated heterocycles. The molecule has 0 fully saturated rings. The van der Waals surface area contributed by atoms with Crippen LogP contribution in [0.15, 0.2) is 18.2 Å². The predicted molar refractivity (Wildman–Crippen MR) is 77.0 cm³/mol. The van der Waals surface area contributed by atoms with Crippen molar-refractivity contribution in [1.29, 1.82) is 0 Å². The molecule has 1 aromatic carbocycles. The summed E-state index contributed by atoms with van der Waals surface area (Å²) in [5, 5.41) is 12.1. The van der Waals surface area contributed by atoms with E-state index >= 15 is 0 Å². The molecule has 1 rings (SSSR count). The van der Waals surface area contributed by atoms with Crippen LogP contribution in [-0.2, 0) is 4.79 Å². The predicted octanol–water partition coefficient (Wildman–Crippen LogP) is 2.04. The molecule has 0 aliphatic carbocycles. The molecule has 1 aromatic rings. The molecule has 0 heterocycles. The largest absolute Gasteiger partial charge is 0.493 e. The van der Waals surface area contributed by atoms with E-state index in [2.05, 4.69) is 5.32 Å². The lowest BCUT2D eigenvalue weighted by molar-refractivity contribution is -0.122. The summed E-state index contributed by atoms with van der Waals surface area (Å²) in [5.74, 6) is 1.21. The number of carbonyl (C=O) groups is 1. The molecular formula is C15H23NO4. The van der Waals surface area contributed by atoms with Gasteiger partial charge in [0, 0.05) is 6.42 Å². The number of aliphatic hydroxyl groups is 1. The number of ether oxygens (including phenoxy) is 2. The standard InChI is InChI=1S/C15H23NO4/c1-10(17)5-8-15(18)16-11(2)12-6-7-13(19-3)14(9-12)20-4/h6-7,9-11,17H,5,8H2,1-4H3,(H,16,18). The second-order valence-corrected chi connectivity index (χ2v) is 4.79. The van der Waals surface area contributed by atoms with Crippen LogP contribution in [0.25, 0.3) is 0 Å². The molecule has 0 bridgehead atoms. The number of hydrogen-bond donors (Lipinski definition) is 2. The van der Waals surface area contributed by atoms with Gasteiger partial charge in [-0.3, -0.25) is 4.79 Å². The number of methoxy groups -OCH3 is 2. The van der Waals surface area contributed by atoms with E-state index in [1.54, 1.807) is 21.1 Å². The first-order valence-corrected chi connectivity index (χ1v) is 6.67. The minimum atomic E-state index is -0.461. The fraction of sp³-hybridized carbons (Fsp3) is 0.533. The first-order chi connectivity index (χ1) is 9.47. The first kappa shape index (κ1) is 16.3. The van der Waals surface area contributed by atoms with Gasteiger partial charge in [0.15, 0.2) is 11.5 Å². The zero-order valence-corrected chi connectivity index (χ0v) is 12.5. The van der Waals surface area contributed by atoms with Crippen molar-refractivity contribution < 1.29 is 19.4 Å². The number of nitrogens with one attached hydrogen (secondary N) is 1. The number of hydrogen-bond acceptors (Lipinski definition) is 4. The van der Waals surface area contributed by atoms with Gasteiger partial charge in [-0.1, -0.05) is 6.07 Å². The Hall–Kier alpha value is -1.75. The van der Waals surface area contributed by atoms with Crippen molar-refractivity contribution in [3.05, 3.63) is 23.8 Å². The fourth-order valence-corrected chi connectivity index (χ4v) is 1.86. The highest BCUT2D eigenvalue weighted by Gasteiger charge is 2.13. The Kier molecular flexibility index (Phi) is 6.31. The molecular weight excluding hydrogens is 258 g/mol. The van der Waals surface area contributed by atoms with Crippen LogP contribution >= 0.6 is 0 Å². The van der Waals surface area contributed by atoms with Crippen LogP contribution < -0.4 is 14.8 Å². The molecule has 2 N–H and O–H groups in total. The Labute approximate surface area is 119 Å². The van der Waals surface area contributed by atoms with E-state index in [1.165, 1.54) is 0 Å². The highest BCUT2D eigenvalue weighted by molar-refractivity contribution is 5.76. The summed E-state index contributed by atoms with van der Waals surface area (Å²) in [5.41, 5.74) is 0.938. The fourth-order valence-electron chi connectivity index (χ4n) is 1.86. The van der Waals surface area contributed by atoms with Crippen LogP contribution in [0.2, 0.25) is 0 Å². The van der Waals surface area contributed by atoms with Crippen molar-refractivity contribution in [2.24, 2.45) is 0 Å². The smallest absolute Gasteiger partial charge is 0.220 e. The van der Waals surface area contributed by atoms with E-state index in [0.717, 1.165) is 5.56 Å². The lowest BCUT2D eigenvalue weighted by Gasteiger charge is -2.16. The van der Waals surface area contributed by atoms with E-state index < -0.39 is 6.10 Å². The van der Waals surface area contributed by atoms with Gasteiger partial charge in [0.1, 0.15) is 0 Å². The van der Waals surface area contributed by atoms with Crippen LogP contribution in [-0.4, -0.2) is 31.3 Å². The van der Waals surface area contributed by atoms with Crippen molar-refractivity contribution in [2.75, 3.05) is 14.2 Å². The third-order valence-corrected chi connectivity index (χ3v) is 3.07. The molecule has 2 unspecified atom stereocenters. The van der Waals surface area contributed by atoms with Crippen molar-refractivity contribution in [1.82, 2.24) is 5.32 Å². The van der Waals surface area contributed by atoms with Crippen LogP contribution in [0, 0.1) is 0 Å². The van der Waals surface area contributed by atoms with E-state index in [4.69, 9.17) is 14.6 Å². The van der Waals surface area contributed by atoms with Gasteiger partial charge in [0.25, 0.3) is 0 Å². The molecule has 1 amide bonds. The molecule has 0 spiro atoms. The maximum atomic E-state index is 11.7. The van der Waals surface area contributed by atoms with E-state index in [0.29, 0.717) is 24.3 Å². The maximum Gasteiger partial charge on any atom is 0.220 e. The number of aliphatic hydroxyl groups excluding tert-OH is 1. The molecule has 5 heteroatoms. The minimum absolute atomic E-state index is 0.0758. The Bertz CT molecular complexity index is 445. The summed E-state index contributed by atoms with van der Waals surface area (Å²) in [4.78, 5) is 11.7. The Morgan fingerprint density at radius 1 is 1.25 bits per heavy atom. The average molecular weight is 281 g/mol. The number of amides is 1. The van der Waals surface area contributed by atoms with Gasteiger partial charge in [-0.25, -0.2) is 0 Å². The molecule has 0 aromatic heterocycles. The van der Waals surface area contributed by atoms with Crippen molar-refractivity contribution in [2.45, 2.75) is 38.8 Å². The van der Waals surface area contributed by atoms with Crippen LogP contribution in [0.3, 0.4) is 0 Å². The molecule has 20 heavy (non-hydrogen) atoms. The minimum Gasteiger partial charge on any atom is -0.493 e. The summed E-state index contributed by atoms with van der Waals surface area (Å²) in [6, 6.07) is 5.42. The number of rotatable bonds is 7. The Morgan fingerprint density at radius 2 is 1.90 bits per heavy atom. The molecule has 112 valence electrons. The summed E-state index contributed by atoms with van der Waals surface area (Å²) in [7, 11) is 3.16. The van der Waals surface area contributed by atoms with Gasteiger partial charge in [-0.2, -0.15) is 0 Å². The zero-order valence-electron chi connectivity index (χ0n) is 12.5. The topological polar surface area (TPSA) is 67.8 Å². The highest BCUT2D eigenvalue weighted by Crippen LogP contribution is 2.29. The van der Waals surface area contributed by atoms with Gasteiger partial charge in [-0.15, -0.1) is 0 Å². The Morgan fingerprint density at radius 3 is 2.45 bits per heavy atom. The quantitative estimate of drug-likeness (QED) is 0.802. The van der Waals surface area contributed by atoms with Crippen molar-refractivity contribution >= 4 is 5.91 Å². The third-order valence-electron chi connectivity index (χ3n) is 3.07. The Balaban J connectivity index is 2.67. The van der Waals surface area contributed by atoms with E-state index in [9.17, 15) is 4.79 Å². The third kappa shape index (κ3) is 4.74. The molecule has 0 aliphatic heterocycles. The van der Waals surface area contributed by atoms with Crippen LogP contribution in [0.1, 0.15) is 38.3 Å². The summed E-state index contributed by atoms with van der Waals surface area (Å²) in [6.07, 6.45) is 0.317. The van der Waals surface area contributed by atoms with E-state index in [-0.39, 0.29) is 11.9 Å². The average Bonchev–Trinajstić information content (AvgIpc) is 2.44. The lowest BCUT2D eigenvalue weighted by atomic mass is 10.1. The first-order valence-electron chi connectivity index (χ1n) is 6.67. The van der Waals surface area contributed by atoms with Gasteiger partial charge >= 0.3 is 0 Å². The SMILES string of the molecule is COc1ccc(C(C)NC(=O)CCC(C)O)cc1OC. The lowest BCUT2D eigenvalue weighted by Crippen LogP contribution is -2.27. The second-order valence-electron chi connectivity index (χ2n) is 4.79. The van der Waals surface area contributed by atoms with Crippen molar-refractivity contribution in [3.8, 4) is 11.5 Å². The summed E-state index contributed by atoms with van der Waals surface area (Å²) < 4.78 is 10.4. The van der Waals surface area contributed by atoms with Gasteiger partial charge in [0.05, 0.1) is 26.4 Å². The molecule has 2 atom stereocenters. The molecule has 0 saturated carbocycles. The van der Waals surface area contributed by atoms with Crippen LogP contribution in [0.4, 0.5) is 0 Å². The molecule has 0 radical (unpaired) electrons. The molecule has 0 aliphatic rings. The van der Waals surface area contributed by atoms with E-state index in [1.807, 2.05) is 25.1 Å². The summed E-state index contributed by atoms with van der Waals surface area (Å²) >= 11 is 0. The summed E-state index contributed by atoms with van der Waals surface area (Å²) in [6.45, 7) is 3.58. The van der Waals surface area contributed by atoms with Crippen molar-refractivity contribution in [3.63, 3.8) is 0 Å². The number of carbonyl (C=O) groups excluding carboxylic acids is 1. The monoisotopic (exact) mass is 281 g/mol. The van der Waals surface area contributed by atoms with Gasteiger partial charge < -0.3 is 19.9 Å². The zero-order chi connectivity index (χ0) is 15.1. The van der Waals surface area contributed by atoms with Crippen LogP contribution in [0.5, 0.6) is 11.5 Å². The second kappa shape index (κ2) is 7.75. The van der Waals surface area contributed by atoms with Gasteiger partial charge in [0.2, 0.25) is 5.91 Å². The normalized spacial score (nSPS) is 13.4. The maximum absolute atomic E-state index is 11.7. The number of benzene rings is 1. The van der Waals surface area contributed by atoms with Gasteiger partial charge in [-0.05, 0) is 38.0 Å². The molecule has 5 nitrogen and oxygen atoms in total. The highest BCUT2D eigenvalue weighted by atomic mass is 16.5.